The largest absolute Gasteiger partial charge is 0.457 e. The van der Waals surface area contributed by atoms with Gasteiger partial charge in [0, 0.05) is 10.5 Å². The minimum absolute atomic E-state index is 0.329. The maximum atomic E-state index is 13.3. The van der Waals surface area contributed by atoms with Crippen molar-refractivity contribution in [1.82, 2.24) is 0 Å². The van der Waals surface area contributed by atoms with E-state index >= 15 is 0 Å². The molecular formula is C16H10BrFO. The minimum atomic E-state index is -0.329. The number of rotatable bonds is 2. The SMILES string of the molecule is Fc1cc(Br)cc(Oc2ccc3ccccc3c2)c1. The summed E-state index contributed by atoms with van der Waals surface area (Å²) >= 11 is 3.25. The Morgan fingerprint density at radius 2 is 1.58 bits per heavy atom. The molecule has 0 saturated heterocycles. The van der Waals surface area contributed by atoms with E-state index in [0.717, 1.165) is 10.8 Å². The van der Waals surface area contributed by atoms with Crippen LogP contribution in [-0.2, 0) is 0 Å². The second kappa shape index (κ2) is 5.02. The van der Waals surface area contributed by atoms with Gasteiger partial charge >= 0.3 is 0 Å². The van der Waals surface area contributed by atoms with E-state index in [4.69, 9.17) is 4.74 Å². The molecule has 0 heterocycles. The van der Waals surface area contributed by atoms with Gasteiger partial charge in [0.2, 0.25) is 0 Å². The molecule has 0 aliphatic heterocycles. The average molecular weight is 317 g/mol. The first-order valence-electron chi connectivity index (χ1n) is 5.83. The van der Waals surface area contributed by atoms with Gasteiger partial charge in [-0.15, -0.1) is 0 Å². The number of hydrogen-bond donors (Lipinski definition) is 0. The van der Waals surface area contributed by atoms with E-state index in [1.54, 1.807) is 6.07 Å². The molecule has 1 nitrogen and oxygen atoms in total. The normalized spacial score (nSPS) is 10.6. The lowest BCUT2D eigenvalue weighted by molar-refractivity contribution is 0.477. The molecule has 0 bridgehead atoms. The van der Waals surface area contributed by atoms with E-state index in [-0.39, 0.29) is 5.82 Å². The Kier molecular flexibility index (Phi) is 3.22. The van der Waals surface area contributed by atoms with Crippen LogP contribution >= 0.6 is 15.9 Å². The van der Waals surface area contributed by atoms with Crippen LogP contribution in [0.25, 0.3) is 10.8 Å². The van der Waals surface area contributed by atoms with Crippen molar-refractivity contribution in [3.8, 4) is 11.5 Å². The fraction of sp³-hybridized carbons (Fsp3) is 0. The second-order valence-electron chi connectivity index (χ2n) is 4.22. The highest BCUT2D eigenvalue weighted by molar-refractivity contribution is 9.10. The summed E-state index contributed by atoms with van der Waals surface area (Å²) in [5, 5.41) is 2.24. The van der Waals surface area contributed by atoms with Crippen LogP contribution in [0, 0.1) is 5.82 Å². The maximum Gasteiger partial charge on any atom is 0.131 e. The van der Waals surface area contributed by atoms with Crippen LogP contribution < -0.4 is 4.74 Å². The van der Waals surface area contributed by atoms with Gasteiger partial charge in [-0.1, -0.05) is 46.3 Å². The number of benzene rings is 3. The van der Waals surface area contributed by atoms with Crippen molar-refractivity contribution < 1.29 is 9.13 Å². The molecule has 3 rings (SSSR count). The van der Waals surface area contributed by atoms with Crippen LogP contribution in [0.1, 0.15) is 0 Å². The molecule has 0 atom stereocenters. The van der Waals surface area contributed by atoms with Crippen molar-refractivity contribution in [3.63, 3.8) is 0 Å². The maximum absolute atomic E-state index is 13.3. The lowest BCUT2D eigenvalue weighted by Gasteiger charge is -2.07. The highest BCUT2D eigenvalue weighted by Crippen LogP contribution is 2.28. The van der Waals surface area contributed by atoms with Crippen LogP contribution in [0.15, 0.2) is 65.1 Å². The van der Waals surface area contributed by atoms with Gasteiger partial charge in [0.15, 0.2) is 0 Å². The van der Waals surface area contributed by atoms with Gasteiger partial charge in [-0.25, -0.2) is 4.39 Å². The highest BCUT2D eigenvalue weighted by atomic mass is 79.9. The first kappa shape index (κ1) is 12.2. The predicted molar refractivity (Wildman–Crippen MR) is 78.1 cm³/mol. The molecule has 94 valence electrons. The zero-order valence-electron chi connectivity index (χ0n) is 9.94. The topological polar surface area (TPSA) is 9.23 Å². The van der Waals surface area contributed by atoms with Crippen LogP contribution in [0.2, 0.25) is 0 Å². The first-order chi connectivity index (χ1) is 9.20. The van der Waals surface area contributed by atoms with Crippen LogP contribution in [0.5, 0.6) is 11.5 Å². The molecule has 0 N–H and O–H groups in total. The number of hydrogen-bond acceptors (Lipinski definition) is 1. The predicted octanol–water partition coefficient (Wildman–Crippen LogP) is 5.53. The highest BCUT2D eigenvalue weighted by Gasteiger charge is 2.02. The molecule has 3 aromatic rings. The molecule has 0 fully saturated rings. The molecule has 0 aliphatic carbocycles. The summed E-state index contributed by atoms with van der Waals surface area (Å²) in [5.74, 6) is 0.837. The van der Waals surface area contributed by atoms with E-state index in [2.05, 4.69) is 15.9 Å². The summed E-state index contributed by atoms with van der Waals surface area (Å²) in [5.41, 5.74) is 0. The smallest absolute Gasteiger partial charge is 0.131 e. The van der Waals surface area contributed by atoms with Crippen molar-refractivity contribution in [1.29, 1.82) is 0 Å². The zero-order chi connectivity index (χ0) is 13.2. The third-order valence-electron chi connectivity index (χ3n) is 2.79. The Balaban J connectivity index is 1.96. The Morgan fingerprint density at radius 1 is 0.789 bits per heavy atom. The minimum Gasteiger partial charge on any atom is -0.457 e. The summed E-state index contributed by atoms with van der Waals surface area (Å²) in [6.07, 6.45) is 0. The van der Waals surface area contributed by atoms with Gasteiger partial charge < -0.3 is 4.74 Å². The standard InChI is InChI=1S/C16H10BrFO/c17-13-8-14(18)10-16(9-13)19-15-6-5-11-3-1-2-4-12(11)7-15/h1-10H. The van der Waals surface area contributed by atoms with E-state index in [1.807, 2.05) is 42.5 Å². The Labute approximate surface area is 118 Å². The van der Waals surface area contributed by atoms with E-state index < -0.39 is 0 Å². The van der Waals surface area contributed by atoms with Gasteiger partial charge in [0.1, 0.15) is 17.3 Å². The summed E-state index contributed by atoms with van der Waals surface area (Å²) in [6.45, 7) is 0. The van der Waals surface area contributed by atoms with Crippen molar-refractivity contribution in [2.24, 2.45) is 0 Å². The summed E-state index contributed by atoms with van der Waals surface area (Å²) in [6, 6.07) is 18.3. The fourth-order valence-electron chi connectivity index (χ4n) is 1.95. The van der Waals surface area contributed by atoms with Crippen LogP contribution in [-0.4, -0.2) is 0 Å². The summed E-state index contributed by atoms with van der Waals surface area (Å²) in [7, 11) is 0. The molecule has 0 saturated carbocycles. The molecule has 0 unspecified atom stereocenters. The lowest BCUT2D eigenvalue weighted by atomic mass is 10.1. The third kappa shape index (κ3) is 2.76. The van der Waals surface area contributed by atoms with Gasteiger partial charge in [-0.3, -0.25) is 0 Å². The lowest BCUT2D eigenvalue weighted by Crippen LogP contribution is -1.86. The number of fused-ring (bicyclic) bond motifs is 1. The quantitative estimate of drug-likeness (QED) is 0.603. The Morgan fingerprint density at radius 3 is 2.37 bits per heavy atom. The molecule has 3 heteroatoms. The number of ether oxygens (including phenoxy) is 1. The van der Waals surface area contributed by atoms with Gasteiger partial charge in [0.05, 0.1) is 0 Å². The first-order valence-corrected chi connectivity index (χ1v) is 6.63. The molecule has 0 amide bonds. The molecular weight excluding hydrogens is 307 g/mol. The van der Waals surface area contributed by atoms with Crippen molar-refractivity contribution in [2.75, 3.05) is 0 Å². The monoisotopic (exact) mass is 316 g/mol. The van der Waals surface area contributed by atoms with Gasteiger partial charge in [-0.2, -0.15) is 0 Å². The van der Waals surface area contributed by atoms with E-state index in [1.165, 1.54) is 12.1 Å². The molecule has 0 radical (unpaired) electrons. The van der Waals surface area contributed by atoms with Crippen molar-refractivity contribution >= 4 is 26.7 Å². The zero-order valence-corrected chi connectivity index (χ0v) is 11.5. The third-order valence-corrected chi connectivity index (χ3v) is 3.25. The van der Waals surface area contributed by atoms with E-state index in [0.29, 0.717) is 16.0 Å². The van der Waals surface area contributed by atoms with E-state index in [9.17, 15) is 4.39 Å². The molecule has 0 aromatic heterocycles. The molecule has 19 heavy (non-hydrogen) atoms. The second-order valence-corrected chi connectivity index (χ2v) is 5.13. The average Bonchev–Trinajstić information content (AvgIpc) is 2.37. The summed E-state index contributed by atoms with van der Waals surface area (Å²) in [4.78, 5) is 0. The molecule has 3 aromatic carbocycles. The Hall–Kier alpha value is -1.87. The molecule has 0 aliphatic rings. The Bertz CT molecular complexity index is 719. The van der Waals surface area contributed by atoms with Crippen LogP contribution in [0.3, 0.4) is 0 Å². The van der Waals surface area contributed by atoms with Crippen molar-refractivity contribution in [3.05, 3.63) is 71.0 Å². The summed E-state index contributed by atoms with van der Waals surface area (Å²) < 4.78 is 19.6. The van der Waals surface area contributed by atoms with Crippen LogP contribution in [0.4, 0.5) is 4.39 Å². The van der Waals surface area contributed by atoms with Crippen molar-refractivity contribution in [2.45, 2.75) is 0 Å². The number of halogens is 2. The van der Waals surface area contributed by atoms with Gasteiger partial charge in [-0.05, 0) is 35.0 Å². The van der Waals surface area contributed by atoms with Gasteiger partial charge in [0.25, 0.3) is 0 Å². The fourth-order valence-corrected chi connectivity index (χ4v) is 2.40. The molecule has 0 spiro atoms.